The minimum atomic E-state index is -0.440. The molecule has 0 saturated heterocycles. The topological polar surface area (TPSA) is 84.5 Å². The summed E-state index contributed by atoms with van der Waals surface area (Å²) < 4.78 is 4.90. The summed E-state index contributed by atoms with van der Waals surface area (Å²) in [5, 5.41) is 5.32. The van der Waals surface area contributed by atoms with E-state index >= 15 is 0 Å². The summed E-state index contributed by atoms with van der Waals surface area (Å²) in [7, 11) is 0. The molecule has 2 amide bonds. The normalized spacial score (nSPS) is 9.70. The largest absolute Gasteiger partial charge is 0.427 e. The Morgan fingerprint density at radius 2 is 1.85 bits per heavy atom. The van der Waals surface area contributed by atoms with E-state index in [0.717, 1.165) is 0 Å². The number of hydrogen-bond donors (Lipinski definition) is 2. The quantitative estimate of drug-likeness (QED) is 0.459. The Bertz CT molecular complexity index is 500. The summed E-state index contributed by atoms with van der Waals surface area (Å²) in [5.41, 5.74) is 0.394. The number of esters is 1. The van der Waals surface area contributed by atoms with Gasteiger partial charge in [-0.3, -0.25) is 14.4 Å². The van der Waals surface area contributed by atoms with E-state index in [9.17, 15) is 14.4 Å². The molecule has 0 atom stereocenters. The molecule has 6 heteroatoms. The summed E-state index contributed by atoms with van der Waals surface area (Å²) in [6.07, 6.45) is 0.415. The lowest BCUT2D eigenvalue weighted by Crippen LogP contribution is -2.34. The molecule has 0 aliphatic carbocycles. The zero-order chi connectivity index (χ0) is 15.0. The molecule has 20 heavy (non-hydrogen) atoms. The third-order valence-corrected chi connectivity index (χ3v) is 2.41. The molecule has 0 unspecified atom stereocenters. The molecule has 0 fully saturated rings. The molecule has 0 aliphatic heterocycles. The standard InChI is InChI=1S/C14H18N2O4/c1-3-13(18)15-7-8-16-14(19)11-5-4-6-12(9-11)20-10(2)17/h4-6,9H,3,7-8H2,1-2H3,(H,15,18)(H,16,19). The lowest BCUT2D eigenvalue weighted by atomic mass is 10.2. The fourth-order valence-electron chi connectivity index (χ4n) is 1.47. The number of amides is 2. The molecule has 1 rings (SSSR count). The van der Waals surface area contributed by atoms with Gasteiger partial charge in [-0.1, -0.05) is 13.0 Å². The van der Waals surface area contributed by atoms with Crippen LogP contribution in [0.25, 0.3) is 0 Å². The molecular formula is C14H18N2O4. The van der Waals surface area contributed by atoms with Crippen molar-refractivity contribution >= 4 is 17.8 Å². The highest BCUT2D eigenvalue weighted by molar-refractivity contribution is 5.94. The van der Waals surface area contributed by atoms with Crippen LogP contribution in [0.1, 0.15) is 30.6 Å². The molecule has 0 radical (unpaired) electrons. The Kier molecular flexibility index (Phi) is 6.22. The van der Waals surface area contributed by atoms with Gasteiger partial charge >= 0.3 is 5.97 Å². The van der Waals surface area contributed by atoms with Gasteiger partial charge in [-0.25, -0.2) is 0 Å². The van der Waals surface area contributed by atoms with Crippen LogP contribution in [-0.2, 0) is 9.59 Å². The first-order valence-corrected chi connectivity index (χ1v) is 6.36. The molecule has 1 aromatic rings. The zero-order valence-electron chi connectivity index (χ0n) is 11.6. The van der Waals surface area contributed by atoms with E-state index in [1.807, 2.05) is 0 Å². The molecular weight excluding hydrogens is 260 g/mol. The van der Waals surface area contributed by atoms with Crippen molar-refractivity contribution in [3.63, 3.8) is 0 Å². The predicted octanol–water partition coefficient (Wildman–Crippen LogP) is 0.868. The number of carbonyl (C=O) groups excluding carboxylic acids is 3. The van der Waals surface area contributed by atoms with E-state index in [2.05, 4.69) is 10.6 Å². The average molecular weight is 278 g/mol. The maximum atomic E-state index is 11.8. The summed E-state index contributed by atoms with van der Waals surface area (Å²) in [5.74, 6) is -0.463. The van der Waals surface area contributed by atoms with Gasteiger partial charge < -0.3 is 15.4 Å². The Hall–Kier alpha value is -2.37. The first kappa shape index (κ1) is 15.7. The van der Waals surface area contributed by atoms with Crippen LogP contribution in [0.2, 0.25) is 0 Å². The predicted molar refractivity (Wildman–Crippen MR) is 73.4 cm³/mol. The van der Waals surface area contributed by atoms with E-state index in [0.29, 0.717) is 30.8 Å². The van der Waals surface area contributed by atoms with Crippen molar-refractivity contribution in [2.45, 2.75) is 20.3 Å². The highest BCUT2D eigenvalue weighted by Crippen LogP contribution is 2.13. The smallest absolute Gasteiger partial charge is 0.308 e. The van der Waals surface area contributed by atoms with Crippen LogP contribution in [0, 0.1) is 0 Å². The molecule has 0 aromatic heterocycles. The van der Waals surface area contributed by atoms with Gasteiger partial charge in [0.2, 0.25) is 5.91 Å². The lowest BCUT2D eigenvalue weighted by Gasteiger charge is -2.07. The van der Waals surface area contributed by atoms with Crippen molar-refractivity contribution in [2.75, 3.05) is 13.1 Å². The van der Waals surface area contributed by atoms with Crippen LogP contribution in [-0.4, -0.2) is 30.9 Å². The maximum Gasteiger partial charge on any atom is 0.308 e. The average Bonchev–Trinajstić information content (AvgIpc) is 2.42. The lowest BCUT2D eigenvalue weighted by molar-refractivity contribution is -0.131. The van der Waals surface area contributed by atoms with Gasteiger partial charge in [0.1, 0.15) is 5.75 Å². The summed E-state index contributed by atoms with van der Waals surface area (Å²) in [6.45, 7) is 3.77. The van der Waals surface area contributed by atoms with E-state index in [1.54, 1.807) is 25.1 Å². The van der Waals surface area contributed by atoms with Crippen LogP contribution < -0.4 is 15.4 Å². The molecule has 108 valence electrons. The molecule has 6 nitrogen and oxygen atoms in total. The molecule has 0 aliphatic rings. The van der Waals surface area contributed by atoms with E-state index in [1.165, 1.54) is 13.0 Å². The van der Waals surface area contributed by atoms with Crippen molar-refractivity contribution in [1.82, 2.24) is 10.6 Å². The second kappa shape index (κ2) is 7.93. The van der Waals surface area contributed by atoms with Crippen LogP contribution in [0.15, 0.2) is 24.3 Å². The number of benzene rings is 1. The van der Waals surface area contributed by atoms with E-state index < -0.39 is 5.97 Å². The third kappa shape index (κ3) is 5.51. The molecule has 2 N–H and O–H groups in total. The molecule has 0 spiro atoms. The van der Waals surface area contributed by atoms with Crippen LogP contribution >= 0.6 is 0 Å². The van der Waals surface area contributed by atoms with Gasteiger partial charge in [-0.05, 0) is 18.2 Å². The fraction of sp³-hybridized carbons (Fsp3) is 0.357. The summed E-state index contributed by atoms with van der Waals surface area (Å²) in [6, 6.07) is 6.33. The Morgan fingerprint density at radius 3 is 2.50 bits per heavy atom. The Labute approximate surface area is 117 Å². The molecule has 1 aromatic carbocycles. The third-order valence-electron chi connectivity index (χ3n) is 2.41. The first-order chi connectivity index (χ1) is 9.52. The number of nitrogens with one attached hydrogen (secondary N) is 2. The van der Waals surface area contributed by atoms with Gasteiger partial charge in [0.05, 0.1) is 0 Å². The summed E-state index contributed by atoms with van der Waals surface area (Å²) in [4.78, 5) is 33.7. The van der Waals surface area contributed by atoms with Crippen molar-refractivity contribution in [3.05, 3.63) is 29.8 Å². The Morgan fingerprint density at radius 1 is 1.15 bits per heavy atom. The number of rotatable bonds is 6. The SMILES string of the molecule is CCC(=O)NCCNC(=O)c1cccc(OC(C)=O)c1. The monoisotopic (exact) mass is 278 g/mol. The van der Waals surface area contributed by atoms with Crippen molar-refractivity contribution in [1.29, 1.82) is 0 Å². The minimum Gasteiger partial charge on any atom is -0.427 e. The van der Waals surface area contributed by atoms with Gasteiger partial charge in [0.15, 0.2) is 0 Å². The van der Waals surface area contributed by atoms with E-state index in [-0.39, 0.29) is 11.8 Å². The van der Waals surface area contributed by atoms with E-state index in [4.69, 9.17) is 4.74 Å². The Balaban J connectivity index is 2.47. The number of carbonyl (C=O) groups is 3. The van der Waals surface area contributed by atoms with Crippen molar-refractivity contribution in [3.8, 4) is 5.75 Å². The van der Waals surface area contributed by atoms with Gasteiger partial charge in [-0.2, -0.15) is 0 Å². The van der Waals surface area contributed by atoms with Crippen molar-refractivity contribution in [2.24, 2.45) is 0 Å². The van der Waals surface area contributed by atoms with Crippen LogP contribution in [0.4, 0.5) is 0 Å². The van der Waals surface area contributed by atoms with Crippen LogP contribution in [0.5, 0.6) is 5.75 Å². The van der Waals surface area contributed by atoms with Crippen molar-refractivity contribution < 1.29 is 19.1 Å². The summed E-state index contributed by atoms with van der Waals surface area (Å²) >= 11 is 0. The highest BCUT2D eigenvalue weighted by Gasteiger charge is 2.07. The molecule has 0 heterocycles. The fourth-order valence-corrected chi connectivity index (χ4v) is 1.47. The van der Waals surface area contributed by atoms with Gasteiger partial charge in [-0.15, -0.1) is 0 Å². The maximum absolute atomic E-state index is 11.8. The number of ether oxygens (including phenoxy) is 1. The van der Waals surface area contributed by atoms with Gasteiger partial charge in [0, 0.05) is 32.0 Å². The minimum absolute atomic E-state index is 0.0592. The zero-order valence-corrected chi connectivity index (χ0v) is 11.6. The molecule has 0 bridgehead atoms. The van der Waals surface area contributed by atoms with Crippen LogP contribution in [0.3, 0.4) is 0 Å². The second-order valence-electron chi connectivity index (χ2n) is 4.08. The van der Waals surface area contributed by atoms with Gasteiger partial charge in [0.25, 0.3) is 5.91 Å². The number of hydrogen-bond acceptors (Lipinski definition) is 4. The first-order valence-electron chi connectivity index (χ1n) is 6.36. The highest BCUT2D eigenvalue weighted by atomic mass is 16.5. The second-order valence-corrected chi connectivity index (χ2v) is 4.08. The molecule has 0 saturated carbocycles.